The van der Waals surface area contributed by atoms with Crippen LogP contribution in [0.4, 0.5) is 5.82 Å². The maximum Gasteiger partial charge on any atom is 0.337 e. The Labute approximate surface area is 158 Å². The molecule has 5 heteroatoms. The predicted molar refractivity (Wildman–Crippen MR) is 105 cm³/mol. The normalized spacial score (nSPS) is 12.7. The number of hydrogen-bond acceptors (Lipinski definition) is 5. The van der Waals surface area contributed by atoms with Crippen LogP contribution in [0.15, 0.2) is 42.5 Å². The van der Waals surface area contributed by atoms with Crippen LogP contribution < -0.4 is 10.1 Å². The number of pyridine rings is 1. The van der Waals surface area contributed by atoms with Gasteiger partial charge in [-0.15, -0.1) is 0 Å². The van der Waals surface area contributed by atoms with Gasteiger partial charge < -0.3 is 14.8 Å². The number of hydrogen-bond donors (Lipinski definition) is 1. The Morgan fingerprint density at radius 3 is 2.59 bits per heavy atom. The summed E-state index contributed by atoms with van der Waals surface area (Å²) >= 11 is 0. The molecule has 0 radical (unpaired) electrons. The number of rotatable bonds is 5. The minimum absolute atomic E-state index is 0.314. The summed E-state index contributed by atoms with van der Waals surface area (Å²) in [4.78, 5) is 16.7. The highest BCUT2D eigenvalue weighted by Gasteiger charge is 2.20. The molecular weight excluding hydrogens is 340 g/mol. The van der Waals surface area contributed by atoms with E-state index < -0.39 is 0 Å². The van der Waals surface area contributed by atoms with Gasteiger partial charge in [0.05, 0.1) is 25.3 Å². The van der Waals surface area contributed by atoms with E-state index in [0.29, 0.717) is 12.1 Å². The molecule has 0 atom stereocenters. The molecule has 0 unspecified atom stereocenters. The highest BCUT2D eigenvalue weighted by atomic mass is 16.5. The van der Waals surface area contributed by atoms with Crippen molar-refractivity contribution in [3.63, 3.8) is 0 Å². The summed E-state index contributed by atoms with van der Waals surface area (Å²) in [6.07, 6.45) is 3.12. The predicted octanol–water partition coefficient (Wildman–Crippen LogP) is 4.13. The van der Waals surface area contributed by atoms with E-state index in [2.05, 4.69) is 17.4 Å². The molecule has 4 rings (SSSR count). The van der Waals surface area contributed by atoms with E-state index in [1.807, 2.05) is 24.3 Å². The lowest BCUT2D eigenvalue weighted by atomic mass is 10.0. The van der Waals surface area contributed by atoms with E-state index in [4.69, 9.17) is 14.5 Å². The lowest BCUT2D eigenvalue weighted by Gasteiger charge is -2.14. The lowest BCUT2D eigenvalue weighted by molar-refractivity contribution is 0.0601. The Kier molecular flexibility index (Phi) is 4.67. The average Bonchev–Trinajstić information content (AvgIpc) is 3.22. The molecule has 1 aromatic heterocycles. The number of aromatic nitrogens is 1. The van der Waals surface area contributed by atoms with Crippen LogP contribution in [0.1, 0.15) is 33.5 Å². The third kappa shape index (κ3) is 3.33. The number of fused-ring (bicyclic) bond motifs is 3. The lowest BCUT2D eigenvalue weighted by Crippen LogP contribution is -2.06. The summed E-state index contributed by atoms with van der Waals surface area (Å²) in [6, 6.07) is 13.6. The Bertz CT molecular complexity index is 997. The van der Waals surface area contributed by atoms with Gasteiger partial charge in [0.15, 0.2) is 0 Å². The second-order valence-electron chi connectivity index (χ2n) is 6.70. The highest BCUT2D eigenvalue weighted by molar-refractivity contribution is 5.96. The Hall–Kier alpha value is -3.08. The molecule has 138 valence electrons. The number of benzene rings is 2. The number of carbonyl (C=O) groups excluding carboxylic acids is 1. The molecule has 1 heterocycles. The standard InChI is InChI=1S/C22H22N2O3/c1-26-16-9-6-14(7-10-16)13-23-21-18-5-3-4-17(18)19-12-15(22(25)27-2)8-11-20(19)24-21/h6-12H,3-5,13H2,1-2H3,(H,23,24). The van der Waals surface area contributed by atoms with Crippen molar-refractivity contribution in [3.8, 4) is 5.75 Å². The monoisotopic (exact) mass is 362 g/mol. The van der Waals surface area contributed by atoms with E-state index >= 15 is 0 Å². The largest absolute Gasteiger partial charge is 0.497 e. The SMILES string of the molecule is COC(=O)c1ccc2nc(NCc3ccc(OC)cc3)c3c(c2c1)CCC3. The molecule has 0 fully saturated rings. The molecule has 1 N–H and O–H groups in total. The summed E-state index contributed by atoms with van der Waals surface area (Å²) in [5.41, 5.74) is 5.20. The Morgan fingerprint density at radius 2 is 1.85 bits per heavy atom. The molecule has 2 aromatic carbocycles. The van der Waals surface area contributed by atoms with Crippen LogP contribution in [-0.4, -0.2) is 25.2 Å². The van der Waals surface area contributed by atoms with Gasteiger partial charge in [-0.3, -0.25) is 0 Å². The van der Waals surface area contributed by atoms with Gasteiger partial charge >= 0.3 is 5.97 Å². The van der Waals surface area contributed by atoms with Crippen molar-refractivity contribution >= 4 is 22.7 Å². The number of anilines is 1. The van der Waals surface area contributed by atoms with E-state index in [1.165, 1.54) is 23.8 Å². The summed E-state index contributed by atoms with van der Waals surface area (Å²) in [7, 11) is 3.07. The van der Waals surface area contributed by atoms with Crippen LogP contribution in [0.3, 0.4) is 0 Å². The molecule has 3 aromatic rings. The zero-order chi connectivity index (χ0) is 18.8. The van der Waals surface area contributed by atoms with Crippen LogP contribution in [0.5, 0.6) is 5.75 Å². The smallest absolute Gasteiger partial charge is 0.337 e. The van der Waals surface area contributed by atoms with Crippen LogP contribution in [0.2, 0.25) is 0 Å². The first-order valence-corrected chi connectivity index (χ1v) is 9.10. The van der Waals surface area contributed by atoms with Crippen molar-refractivity contribution in [1.82, 2.24) is 4.98 Å². The van der Waals surface area contributed by atoms with Gasteiger partial charge in [0.2, 0.25) is 0 Å². The van der Waals surface area contributed by atoms with Crippen molar-refractivity contribution < 1.29 is 14.3 Å². The summed E-state index contributed by atoms with van der Waals surface area (Å²) in [5, 5.41) is 4.55. The molecule has 0 bridgehead atoms. The number of esters is 1. The number of nitrogens with zero attached hydrogens (tertiary/aromatic N) is 1. The van der Waals surface area contributed by atoms with E-state index in [-0.39, 0.29) is 5.97 Å². The number of methoxy groups -OCH3 is 2. The quantitative estimate of drug-likeness (QED) is 0.692. The highest BCUT2D eigenvalue weighted by Crippen LogP contribution is 2.34. The molecule has 0 spiro atoms. The van der Waals surface area contributed by atoms with Gasteiger partial charge in [-0.2, -0.15) is 0 Å². The van der Waals surface area contributed by atoms with E-state index in [1.54, 1.807) is 13.2 Å². The van der Waals surface area contributed by atoms with Gasteiger partial charge in [0.25, 0.3) is 0 Å². The van der Waals surface area contributed by atoms with Crippen molar-refractivity contribution in [1.29, 1.82) is 0 Å². The second kappa shape index (κ2) is 7.27. The van der Waals surface area contributed by atoms with Crippen LogP contribution in [0.25, 0.3) is 10.9 Å². The fourth-order valence-electron chi connectivity index (χ4n) is 3.69. The third-order valence-electron chi connectivity index (χ3n) is 5.10. The van der Waals surface area contributed by atoms with Crippen LogP contribution in [0, 0.1) is 0 Å². The minimum Gasteiger partial charge on any atom is -0.497 e. The molecule has 1 aliphatic rings. The van der Waals surface area contributed by atoms with Crippen molar-refractivity contribution in [2.45, 2.75) is 25.8 Å². The summed E-state index contributed by atoms with van der Waals surface area (Å²) < 4.78 is 10.1. The molecule has 0 saturated carbocycles. The summed E-state index contributed by atoms with van der Waals surface area (Å²) in [6.45, 7) is 0.704. The third-order valence-corrected chi connectivity index (χ3v) is 5.10. The minimum atomic E-state index is -0.314. The first-order chi connectivity index (χ1) is 13.2. The Balaban J connectivity index is 1.66. The number of carbonyl (C=O) groups is 1. The van der Waals surface area contributed by atoms with Gasteiger partial charge in [-0.25, -0.2) is 9.78 Å². The molecule has 0 aliphatic heterocycles. The maximum atomic E-state index is 11.9. The van der Waals surface area contributed by atoms with Gasteiger partial charge in [0.1, 0.15) is 11.6 Å². The number of nitrogens with one attached hydrogen (secondary N) is 1. The molecule has 0 saturated heterocycles. The first kappa shape index (κ1) is 17.3. The van der Waals surface area contributed by atoms with Crippen LogP contribution in [-0.2, 0) is 24.1 Å². The fourth-order valence-corrected chi connectivity index (χ4v) is 3.69. The summed E-state index contributed by atoms with van der Waals surface area (Å²) in [5.74, 6) is 1.48. The van der Waals surface area contributed by atoms with Crippen molar-refractivity contribution in [2.24, 2.45) is 0 Å². The molecular formula is C22H22N2O3. The second-order valence-corrected chi connectivity index (χ2v) is 6.70. The topological polar surface area (TPSA) is 60.5 Å². The van der Waals surface area contributed by atoms with Gasteiger partial charge in [-0.1, -0.05) is 12.1 Å². The van der Waals surface area contributed by atoms with Crippen LogP contribution >= 0.6 is 0 Å². The van der Waals surface area contributed by atoms with E-state index in [0.717, 1.165) is 41.7 Å². The molecule has 27 heavy (non-hydrogen) atoms. The average molecular weight is 362 g/mol. The molecule has 0 amide bonds. The molecule has 5 nitrogen and oxygen atoms in total. The molecule has 1 aliphatic carbocycles. The van der Waals surface area contributed by atoms with Gasteiger partial charge in [-0.05, 0) is 66.3 Å². The zero-order valence-corrected chi connectivity index (χ0v) is 15.5. The number of ether oxygens (including phenoxy) is 2. The zero-order valence-electron chi connectivity index (χ0n) is 15.5. The van der Waals surface area contributed by atoms with Crippen molar-refractivity contribution in [3.05, 3.63) is 64.7 Å². The van der Waals surface area contributed by atoms with Gasteiger partial charge in [0, 0.05) is 11.9 Å². The van der Waals surface area contributed by atoms with Crippen molar-refractivity contribution in [2.75, 3.05) is 19.5 Å². The fraction of sp³-hybridized carbons (Fsp3) is 0.273. The first-order valence-electron chi connectivity index (χ1n) is 9.10. The maximum absolute atomic E-state index is 11.9. The number of aryl methyl sites for hydroxylation is 1. The van der Waals surface area contributed by atoms with E-state index in [9.17, 15) is 4.79 Å². The Morgan fingerprint density at radius 1 is 1.07 bits per heavy atom.